The van der Waals surface area contributed by atoms with E-state index in [1.165, 1.54) is 4.68 Å². The van der Waals surface area contributed by atoms with E-state index in [1.807, 2.05) is 12.1 Å². The van der Waals surface area contributed by atoms with Crippen LogP contribution >= 0.6 is 23.2 Å². The summed E-state index contributed by atoms with van der Waals surface area (Å²) in [5, 5.41) is 6.04. The van der Waals surface area contributed by atoms with Gasteiger partial charge in [0.25, 0.3) is 0 Å². The first-order valence-corrected chi connectivity index (χ1v) is 13.2. The second-order valence-corrected chi connectivity index (χ2v) is 10.1. The first-order chi connectivity index (χ1) is 18.4. The van der Waals surface area contributed by atoms with Crippen LogP contribution in [0.25, 0.3) is 22.0 Å². The number of carbonyl (C=O) groups is 1. The van der Waals surface area contributed by atoms with Crippen molar-refractivity contribution >= 4 is 45.9 Å². The second-order valence-electron chi connectivity index (χ2n) is 9.28. The minimum Gasteiger partial charge on any atom is -0.464 e. The summed E-state index contributed by atoms with van der Waals surface area (Å²) in [5.74, 6) is 0.324. The highest BCUT2D eigenvalue weighted by Crippen LogP contribution is 2.39. The molecule has 2 aliphatic heterocycles. The summed E-state index contributed by atoms with van der Waals surface area (Å²) in [6, 6.07) is 4.66. The zero-order chi connectivity index (χ0) is 26.4. The number of carbonyl (C=O) groups excluding carboxylic acids is 1. The van der Waals surface area contributed by atoms with Crippen LogP contribution in [-0.2, 0) is 27.2 Å². The van der Waals surface area contributed by atoms with Gasteiger partial charge in [0.2, 0.25) is 0 Å². The third kappa shape index (κ3) is 4.40. The maximum atomic E-state index is 14.1. The van der Waals surface area contributed by atoms with Crippen molar-refractivity contribution in [3.8, 4) is 11.1 Å². The average Bonchev–Trinajstić information content (AvgIpc) is 3.63. The lowest BCUT2D eigenvalue weighted by Gasteiger charge is -2.27. The number of morpholine rings is 1. The first-order valence-electron chi connectivity index (χ1n) is 12.4. The van der Waals surface area contributed by atoms with Gasteiger partial charge >= 0.3 is 5.97 Å². The number of halogens is 3. The molecule has 2 atom stereocenters. The maximum Gasteiger partial charge on any atom is 0.337 e. The van der Waals surface area contributed by atoms with E-state index in [1.54, 1.807) is 36.3 Å². The molecule has 0 bridgehead atoms. The maximum absolute atomic E-state index is 14.1. The molecular formula is C26H25Cl2FN6O3. The molecule has 2 aliphatic rings. The molecule has 38 heavy (non-hydrogen) atoms. The van der Waals surface area contributed by atoms with E-state index in [0.29, 0.717) is 51.1 Å². The number of ether oxygens (including phenoxy) is 2. The number of rotatable bonds is 6. The molecule has 3 aromatic heterocycles. The van der Waals surface area contributed by atoms with Crippen molar-refractivity contribution in [1.29, 1.82) is 0 Å². The fourth-order valence-electron chi connectivity index (χ4n) is 5.08. The lowest BCUT2D eigenvalue weighted by atomic mass is 10.1. The quantitative estimate of drug-likeness (QED) is 0.322. The van der Waals surface area contributed by atoms with Crippen LogP contribution in [0.5, 0.6) is 0 Å². The zero-order valence-corrected chi connectivity index (χ0v) is 22.1. The van der Waals surface area contributed by atoms with E-state index in [4.69, 9.17) is 32.7 Å². The van der Waals surface area contributed by atoms with Crippen LogP contribution < -0.4 is 4.90 Å². The van der Waals surface area contributed by atoms with Crippen LogP contribution in [0.2, 0.25) is 10.0 Å². The highest BCUT2D eigenvalue weighted by atomic mass is 35.5. The topological polar surface area (TPSA) is 87.3 Å². The highest BCUT2D eigenvalue weighted by Gasteiger charge is 2.35. The summed E-state index contributed by atoms with van der Waals surface area (Å²) in [6.07, 6.45) is 4.11. The molecule has 0 radical (unpaired) electrons. The van der Waals surface area contributed by atoms with E-state index in [0.717, 1.165) is 24.5 Å². The number of anilines is 1. The second kappa shape index (κ2) is 10.2. The first kappa shape index (κ1) is 25.1. The lowest BCUT2D eigenvalue weighted by molar-refractivity contribution is -0.146. The van der Waals surface area contributed by atoms with E-state index in [9.17, 15) is 9.18 Å². The number of hydrogen-bond acceptors (Lipinski definition) is 7. The molecule has 6 rings (SSSR count). The Labute approximate surface area is 228 Å². The predicted octanol–water partition coefficient (Wildman–Crippen LogP) is 4.48. The van der Waals surface area contributed by atoms with Gasteiger partial charge in [0, 0.05) is 54.1 Å². The fraction of sp³-hybridized carbons (Fsp3) is 0.385. The Morgan fingerprint density at radius 3 is 2.82 bits per heavy atom. The minimum atomic E-state index is -1.03. The summed E-state index contributed by atoms with van der Waals surface area (Å²) >= 11 is 13.6. The third-order valence-corrected chi connectivity index (χ3v) is 7.62. The standard InChI is InChI=1S/C26H25Cl2FN6O3/c1-2-38-26(36)25(24-20-9-16(29)12-34(20)14-31-24)35-13-18-19(27)10-17(22(28)23(18)32-35)15-3-4-21(30-11-15)33-5-7-37-8-6-33/h3-4,10-11,13-14,16,25H,2,5-9,12H2,1H3/t16-,25?/m1/s1. The number of esters is 1. The number of aromatic nitrogens is 5. The van der Waals surface area contributed by atoms with Crippen molar-refractivity contribution in [3.63, 3.8) is 0 Å². The number of alkyl halides is 1. The lowest BCUT2D eigenvalue weighted by Crippen LogP contribution is -2.36. The number of fused-ring (bicyclic) bond motifs is 2. The number of imidazole rings is 1. The molecule has 0 aliphatic carbocycles. The number of benzene rings is 1. The largest absolute Gasteiger partial charge is 0.464 e. The van der Waals surface area contributed by atoms with Gasteiger partial charge in [0.15, 0.2) is 6.04 Å². The zero-order valence-electron chi connectivity index (χ0n) is 20.6. The van der Waals surface area contributed by atoms with Crippen LogP contribution in [0.1, 0.15) is 24.4 Å². The average molecular weight is 559 g/mol. The molecule has 0 spiro atoms. The monoisotopic (exact) mass is 558 g/mol. The Morgan fingerprint density at radius 1 is 1.26 bits per heavy atom. The molecule has 1 saturated heterocycles. The molecule has 12 heteroatoms. The van der Waals surface area contributed by atoms with Crippen LogP contribution in [0.3, 0.4) is 0 Å². The molecule has 0 saturated carbocycles. The minimum absolute atomic E-state index is 0.172. The molecule has 0 N–H and O–H groups in total. The smallest absolute Gasteiger partial charge is 0.337 e. The van der Waals surface area contributed by atoms with Crippen molar-refractivity contribution in [1.82, 2.24) is 24.3 Å². The predicted molar refractivity (Wildman–Crippen MR) is 142 cm³/mol. The van der Waals surface area contributed by atoms with Crippen molar-refractivity contribution in [2.75, 3.05) is 37.8 Å². The molecular weight excluding hydrogens is 534 g/mol. The molecule has 1 fully saturated rings. The van der Waals surface area contributed by atoms with Gasteiger partial charge in [-0.1, -0.05) is 23.2 Å². The Bertz CT molecular complexity index is 1500. The highest BCUT2D eigenvalue weighted by molar-refractivity contribution is 6.42. The van der Waals surface area contributed by atoms with Gasteiger partial charge in [-0.05, 0) is 25.1 Å². The Hall–Kier alpha value is -3.21. The fourth-order valence-corrected chi connectivity index (χ4v) is 5.63. The van der Waals surface area contributed by atoms with Crippen LogP contribution in [0.15, 0.2) is 36.9 Å². The SMILES string of the molecule is CCOC(=O)C(c1ncn2c1C[C@@H](F)C2)n1cc2c(Cl)cc(-c3ccc(N4CCOCC4)nc3)c(Cl)c2n1. The van der Waals surface area contributed by atoms with Gasteiger partial charge in [-0.2, -0.15) is 5.10 Å². The molecule has 0 amide bonds. The molecule has 5 heterocycles. The Balaban J connectivity index is 1.39. The molecule has 9 nitrogen and oxygen atoms in total. The summed E-state index contributed by atoms with van der Waals surface area (Å²) in [7, 11) is 0. The van der Waals surface area contributed by atoms with Crippen LogP contribution in [-0.4, -0.2) is 69.4 Å². The van der Waals surface area contributed by atoms with E-state index in [2.05, 4.69) is 20.0 Å². The van der Waals surface area contributed by atoms with E-state index in [-0.39, 0.29) is 19.6 Å². The van der Waals surface area contributed by atoms with Gasteiger partial charge in [-0.15, -0.1) is 0 Å². The summed E-state index contributed by atoms with van der Waals surface area (Å²) in [6.45, 7) is 5.03. The summed E-state index contributed by atoms with van der Waals surface area (Å²) in [5.41, 5.74) is 2.95. The third-order valence-electron chi connectivity index (χ3n) is 6.92. The molecule has 4 aromatic rings. The number of pyridine rings is 1. The number of nitrogens with zero attached hydrogens (tertiary/aromatic N) is 6. The van der Waals surface area contributed by atoms with Gasteiger partial charge in [0.1, 0.15) is 17.5 Å². The van der Waals surface area contributed by atoms with Gasteiger partial charge in [-0.25, -0.2) is 19.2 Å². The molecule has 198 valence electrons. The van der Waals surface area contributed by atoms with Gasteiger partial charge in [0.05, 0.1) is 48.4 Å². The van der Waals surface area contributed by atoms with Crippen molar-refractivity contribution < 1.29 is 18.7 Å². The Morgan fingerprint density at radius 2 is 2.08 bits per heavy atom. The normalized spacial score (nSPS) is 18.1. The molecule has 1 unspecified atom stereocenters. The number of hydrogen-bond donors (Lipinski definition) is 0. The summed E-state index contributed by atoms with van der Waals surface area (Å²) < 4.78 is 28.1. The summed E-state index contributed by atoms with van der Waals surface area (Å²) in [4.78, 5) is 24.3. The van der Waals surface area contributed by atoms with Crippen molar-refractivity contribution in [2.45, 2.75) is 32.1 Å². The van der Waals surface area contributed by atoms with Crippen molar-refractivity contribution in [3.05, 3.63) is 58.4 Å². The van der Waals surface area contributed by atoms with E-state index >= 15 is 0 Å². The van der Waals surface area contributed by atoms with Crippen LogP contribution in [0.4, 0.5) is 10.2 Å². The van der Waals surface area contributed by atoms with Gasteiger partial charge < -0.3 is 18.9 Å². The van der Waals surface area contributed by atoms with Gasteiger partial charge in [-0.3, -0.25) is 4.68 Å². The van der Waals surface area contributed by atoms with Crippen LogP contribution in [0, 0.1) is 0 Å². The van der Waals surface area contributed by atoms with E-state index < -0.39 is 18.2 Å². The Kier molecular flexibility index (Phi) is 6.71. The van der Waals surface area contributed by atoms with Crippen molar-refractivity contribution in [2.24, 2.45) is 0 Å². The molecule has 1 aromatic carbocycles.